The Hall–Kier alpha value is -2.16. The summed E-state index contributed by atoms with van der Waals surface area (Å²) in [4.78, 5) is 9.17. The van der Waals surface area contributed by atoms with Gasteiger partial charge in [-0.3, -0.25) is 4.99 Å². The number of anilines is 1. The zero-order valence-electron chi connectivity index (χ0n) is 16.7. The molecule has 0 amide bonds. The normalized spacial score (nSPS) is 14.3. The van der Waals surface area contributed by atoms with E-state index in [0.29, 0.717) is 6.54 Å². The average Bonchev–Trinajstić information content (AvgIpc) is 2.75. The van der Waals surface area contributed by atoms with Crippen LogP contribution in [0, 0.1) is 0 Å². The second-order valence-corrected chi connectivity index (χ2v) is 6.36. The van der Waals surface area contributed by atoms with Crippen LogP contribution >= 0.6 is 24.0 Å². The Morgan fingerprint density at radius 1 is 0.964 bits per heavy atom. The van der Waals surface area contributed by atoms with E-state index >= 15 is 0 Å². The van der Waals surface area contributed by atoms with Gasteiger partial charge in [-0.2, -0.15) is 0 Å². The van der Waals surface area contributed by atoms with Crippen molar-refractivity contribution < 1.29 is 9.47 Å². The number of methoxy groups -OCH3 is 2. The largest absolute Gasteiger partial charge is 0.493 e. The van der Waals surface area contributed by atoms with Crippen molar-refractivity contribution in [2.75, 3.05) is 52.3 Å². The maximum absolute atomic E-state index is 5.52. The summed E-state index contributed by atoms with van der Waals surface area (Å²) < 4.78 is 10.9. The highest BCUT2D eigenvalue weighted by molar-refractivity contribution is 14.0. The van der Waals surface area contributed by atoms with E-state index in [2.05, 4.69) is 50.4 Å². The first-order valence-corrected chi connectivity index (χ1v) is 9.22. The SMILES string of the molecule is CN=C(NCc1cccc(OC)c1OC)N1CCN(c2ccccc2)CC1.I. The van der Waals surface area contributed by atoms with Gasteiger partial charge in [0.15, 0.2) is 17.5 Å². The fraction of sp³-hybridized carbons (Fsp3) is 0.381. The Morgan fingerprint density at radius 2 is 1.68 bits per heavy atom. The van der Waals surface area contributed by atoms with Crippen molar-refractivity contribution in [3.05, 3.63) is 54.1 Å². The minimum Gasteiger partial charge on any atom is -0.493 e. The van der Waals surface area contributed by atoms with Gasteiger partial charge in [-0.15, -0.1) is 24.0 Å². The van der Waals surface area contributed by atoms with Crippen LogP contribution < -0.4 is 19.7 Å². The number of benzene rings is 2. The smallest absolute Gasteiger partial charge is 0.194 e. The van der Waals surface area contributed by atoms with Crippen molar-refractivity contribution in [1.82, 2.24) is 10.2 Å². The molecule has 0 aliphatic carbocycles. The van der Waals surface area contributed by atoms with E-state index in [9.17, 15) is 0 Å². The predicted octanol–water partition coefficient (Wildman–Crippen LogP) is 3.22. The van der Waals surface area contributed by atoms with Crippen molar-refractivity contribution in [2.45, 2.75) is 6.54 Å². The first-order chi connectivity index (χ1) is 13.3. The Kier molecular flexibility index (Phi) is 8.69. The zero-order valence-corrected chi connectivity index (χ0v) is 19.1. The Balaban J connectivity index is 0.00000280. The third-order valence-corrected chi connectivity index (χ3v) is 4.83. The van der Waals surface area contributed by atoms with Crippen LogP contribution in [0.1, 0.15) is 5.56 Å². The maximum Gasteiger partial charge on any atom is 0.194 e. The lowest BCUT2D eigenvalue weighted by Crippen LogP contribution is -2.52. The molecule has 3 rings (SSSR count). The van der Waals surface area contributed by atoms with Gasteiger partial charge in [-0.05, 0) is 18.2 Å². The summed E-state index contributed by atoms with van der Waals surface area (Å²) in [7, 11) is 5.15. The number of rotatable bonds is 5. The Labute approximate surface area is 184 Å². The summed E-state index contributed by atoms with van der Waals surface area (Å²) in [6, 6.07) is 16.5. The molecule has 0 bridgehead atoms. The molecule has 0 saturated carbocycles. The summed E-state index contributed by atoms with van der Waals surface area (Å²) in [5.74, 6) is 2.41. The van der Waals surface area contributed by atoms with Crippen molar-refractivity contribution in [2.24, 2.45) is 4.99 Å². The van der Waals surface area contributed by atoms with Crippen LogP contribution in [-0.4, -0.2) is 58.3 Å². The number of piperazine rings is 1. The zero-order chi connectivity index (χ0) is 19.1. The van der Waals surface area contributed by atoms with Crippen LogP contribution in [0.4, 0.5) is 5.69 Å². The van der Waals surface area contributed by atoms with E-state index in [1.54, 1.807) is 14.2 Å². The van der Waals surface area contributed by atoms with Crippen molar-refractivity contribution in [3.63, 3.8) is 0 Å². The first-order valence-electron chi connectivity index (χ1n) is 9.22. The minimum atomic E-state index is 0. The molecule has 1 heterocycles. The number of hydrogen-bond donors (Lipinski definition) is 1. The first kappa shape index (κ1) is 22.1. The van der Waals surface area contributed by atoms with Crippen LogP contribution in [0.25, 0.3) is 0 Å². The molecule has 0 radical (unpaired) electrons. The second kappa shape index (κ2) is 11.0. The second-order valence-electron chi connectivity index (χ2n) is 6.36. The molecule has 1 saturated heterocycles. The quantitative estimate of drug-likeness (QED) is 0.392. The minimum absolute atomic E-state index is 0. The van der Waals surface area contributed by atoms with Gasteiger partial charge in [-0.1, -0.05) is 30.3 Å². The van der Waals surface area contributed by atoms with E-state index in [4.69, 9.17) is 9.47 Å². The van der Waals surface area contributed by atoms with Crippen LogP contribution in [0.2, 0.25) is 0 Å². The monoisotopic (exact) mass is 496 g/mol. The lowest BCUT2D eigenvalue weighted by atomic mass is 10.2. The number of nitrogens with zero attached hydrogens (tertiary/aromatic N) is 3. The highest BCUT2D eigenvalue weighted by Gasteiger charge is 2.20. The third-order valence-electron chi connectivity index (χ3n) is 4.83. The van der Waals surface area contributed by atoms with Gasteiger partial charge in [0, 0.05) is 51.0 Å². The number of halogens is 1. The third kappa shape index (κ3) is 5.21. The van der Waals surface area contributed by atoms with E-state index in [1.807, 2.05) is 25.2 Å². The van der Waals surface area contributed by atoms with Gasteiger partial charge < -0.3 is 24.6 Å². The molecule has 1 N–H and O–H groups in total. The van der Waals surface area contributed by atoms with Crippen LogP contribution in [0.5, 0.6) is 11.5 Å². The van der Waals surface area contributed by atoms with Gasteiger partial charge in [-0.25, -0.2) is 0 Å². The summed E-state index contributed by atoms with van der Waals surface area (Å²) in [6.45, 7) is 4.46. The molecule has 7 heteroatoms. The molecule has 1 aliphatic heterocycles. The average molecular weight is 496 g/mol. The lowest BCUT2D eigenvalue weighted by Gasteiger charge is -2.37. The topological polar surface area (TPSA) is 49.3 Å². The molecule has 1 aliphatic rings. The molecule has 0 aromatic heterocycles. The van der Waals surface area contributed by atoms with E-state index in [-0.39, 0.29) is 24.0 Å². The number of para-hydroxylation sites is 2. The molecule has 6 nitrogen and oxygen atoms in total. The fourth-order valence-corrected chi connectivity index (χ4v) is 3.41. The fourth-order valence-electron chi connectivity index (χ4n) is 3.41. The van der Waals surface area contributed by atoms with Gasteiger partial charge in [0.1, 0.15) is 0 Å². The summed E-state index contributed by atoms with van der Waals surface area (Å²) in [5.41, 5.74) is 2.32. The molecule has 2 aromatic carbocycles. The Morgan fingerprint density at radius 3 is 2.29 bits per heavy atom. The summed E-state index contributed by atoms with van der Waals surface area (Å²) in [6.07, 6.45) is 0. The molecule has 0 atom stereocenters. The summed E-state index contributed by atoms with van der Waals surface area (Å²) >= 11 is 0. The van der Waals surface area contributed by atoms with E-state index in [0.717, 1.165) is 49.2 Å². The standard InChI is InChI=1S/C21H28N4O2.HI/c1-22-21(23-16-17-8-7-11-19(26-2)20(17)27-3)25-14-12-24(13-15-25)18-9-5-4-6-10-18;/h4-11H,12-16H2,1-3H3,(H,22,23);1H. The molecule has 152 valence electrons. The molecule has 0 unspecified atom stereocenters. The maximum atomic E-state index is 5.52. The van der Waals surface area contributed by atoms with Crippen LogP contribution in [0.15, 0.2) is 53.5 Å². The molecular weight excluding hydrogens is 467 g/mol. The van der Waals surface area contributed by atoms with E-state index < -0.39 is 0 Å². The highest BCUT2D eigenvalue weighted by atomic mass is 127. The highest BCUT2D eigenvalue weighted by Crippen LogP contribution is 2.30. The molecule has 28 heavy (non-hydrogen) atoms. The molecule has 0 spiro atoms. The van der Waals surface area contributed by atoms with Crippen molar-refractivity contribution in [3.8, 4) is 11.5 Å². The summed E-state index contributed by atoms with van der Waals surface area (Å²) in [5, 5.41) is 3.46. The molecule has 2 aromatic rings. The van der Waals surface area contributed by atoms with Gasteiger partial charge in [0.25, 0.3) is 0 Å². The number of guanidine groups is 1. The van der Waals surface area contributed by atoms with Gasteiger partial charge >= 0.3 is 0 Å². The number of nitrogens with one attached hydrogen (secondary N) is 1. The predicted molar refractivity (Wildman–Crippen MR) is 125 cm³/mol. The number of aliphatic imine (C=N–C) groups is 1. The Bertz CT molecular complexity index is 762. The van der Waals surface area contributed by atoms with Crippen molar-refractivity contribution >= 4 is 35.6 Å². The number of ether oxygens (including phenoxy) is 2. The molecule has 1 fully saturated rings. The van der Waals surface area contributed by atoms with Crippen molar-refractivity contribution in [1.29, 1.82) is 0 Å². The van der Waals surface area contributed by atoms with E-state index in [1.165, 1.54) is 5.69 Å². The van der Waals surface area contributed by atoms with Gasteiger partial charge in [0.05, 0.1) is 14.2 Å². The van der Waals surface area contributed by atoms with Gasteiger partial charge in [0.2, 0.25) is 0 Å². The number of hydrogen-bond acceptors (Lipinski definition) is 4. The van der Waals surface area contributed by atoms with Crippen LogP contribution in [-0.2, 0) is 6.54 Å². The van der Waals surface area contributed by atoms with Crippen LogP contribution in [0.3, 0.4) is 0 Å². The lowest BCUT2D eigenvalue weighted by molar-refractivity contribution is 0.350. The molecular formula is C21H29IN4O2.